The van der Waals surface area contributed by atoms with E-state index >= 15 is 0 Å². The molecule has 0 amide bonds. The third kappa shape index (κ3) is 3.36. The van der Waals surface area contributed by atoms with Crippen LogP contribution in [0, 0.1) is 5.92 Å². The summed E-state index contributed by atoms with van der Waals surface area (Å²) >= 11 is 0. The molecule has 1 atom stereocenters. The van der Waals surface area contributed by atoms with Gasteiger partial charge in [0.05, 0.1) is 0 Å². The van der Waals surface area contributed by atoms with E-state index in [1.54, 1.807) is 38.1 Å². The topological polar surface area (TPSA) is 57.5 Å². The van der Waals surface area contributed by atoms with E-state index in [4.69, 9.17) is 5.11 Å². The van der Waals surface area contributed by atoms with Gasteiger partial charge in [-0.25, -0.2) is 0 Å². The number of rotatable bonds is 4. The number of ketones is 1. The van der Waals surface area contributed by atoms with Crippen LogP contribution in [0.4, 0.5) is 0 Å². The first-order chi connectivity index (χ1) is 7.00. The number of carbonyl (C=O) groups is 1. The molecule has 1 rings (SSSR count). The Morgan fingerprint density at radius 2 is 1.80 bits per heavy atom. The van der Waals surface area contributed by atoms with Gasteiger partial charge < -0.3 is 10.2 Å². The van der Waals surface area contributed by atoms with Crippen molar-refractivity contribution >= 4 is 5.78 Å². The van der Waals surface area contributed by atoms with Gasteiger partial charge in [0, 0.05) is 12.3 Å². The van der Waals surface area contributed by atoms with E-state index in [1.165, 1.54) is 0 Å². The number of carbonyl (C=O) groups excluding carboxylic acids is 1. The summed E-state index contributed by atoms with van der Waals surface area (Å²) in [5.74, 6) is -0.122. The molecule has 0 aliphatic carbocycles. The van der Waals surface area contributed by atoms with Gasteiger partial charge >= 0.3 is 0 Å². The fourth-order valence-corrected chi connectivity index (χ4v) is 1.34. The molecule has 3 heteroatoms. The Hall–Kier alpha value is -1.35. The number of aliphatic hydroxyl groups excluding tert-OH is 1. The number of aliphatic hydroxyl groups is 1. The molecule has 0 spiro atoms. The lowest BCUT2D eigenvalue weighted by Gasteiger charge is -2.11. The molecule has 0 bridgehead atoms. The molecule has 15 heavy (non-hydrogen) atoms. The molecule has 0 saturated carbocycles. The van der Waals surface area contributed by atoms with Crippen molar-refractivity contribution in [3.63, 3.8) is 0 Å². The van der Waals surface area contributed by atoms with E-state index in [9.17, 15) is 9.90 Å². The summed E-state index contributed by atoms with van der Waals surface area (Å²) in [7, 11) is 0. The predicted octanol–water partition coefficient (Wildman–Crippen LogP) is 1.52. The van der Waals surface area contributed by atoms with E-state index < -0.39 is 6.10 Å². The van der Waals surface area contributed by atoms with E-state index in [2.05, 4.69) is 0 Å². The minimum atomic E-state index is -0.949. The molecular formula is C12H16O3. The Labute approximate surface area is 89.4 Å². The van der Waals surface area contributed by atoms with Crippen molar-refractivity contribution in [3.8, 4) is 5.75 Å². The van der Waals surface area contributed by atoms with Crippen LogP contribution in [0.25, 0.3) is 0 Å². The monoisotopic (exact) mass is 208 g/mol. The molecule has 1 unspecified atom stereocenters. The molecule has 0 aliphatic rings. The highest BCUT2D eigenvalue weighted by Crippen LogP contribution is 2.12. The highest BCUT2D eigenvalue weighted by Gasteiger charge is 2.18. The molecule has 3 nitrogen and oxygen atoms in total. The maximum Gasteiger partial charge on any atom is 0.164 e. The van der Waals surface area contributed by atoms with E-state index in [1.807, 2.05) is 0 Å². The lowest BCUT2D eigenvalue weighted by molar-refractivity contribution is -0.130. The van der Waals surface area contributed by atoms with Crippen molar-refractivity contribution in [2.75, 3.05) is 0 Å². The number of aromatic hydroxyl groups is 1. The average Bonchev–Trinajstić information content (AvgIpc) is 2.20. The van der Waals surface area contributed by atoms with Crippen molar-refractivity contribution < 1.29 is 15.0 Å². The van der Waals surface area contributed by atoms with Crippen LogP contribution >= 0.6 is 0 Å². The molecule has 82 valence electrons. The van der Waals surface area contributed by atoms with Gasteiger partial charge in [-0.3, -0.25) is 4.79 Å². The minimum absolute atomic E-state index is 0.150. The van der Waals surface area contributed by atoms with Crippen molar-refractivity contribution in [2.24, 2.45) is 5.92 Å². The van der Waals surface area contributed by atoms with Crippen LogP contribution in [0.2, 0.25) is 0 Å². The first-order valence-corrected chi connectivity index (χ1v) is 5.00. The molecule has 1 aromatic rings. The van der Waals surface area contributed by atoms with Gasteiger partial charge in [-0.15, -0.1) is 0 Å². The maximum absolute atomic E-state index is 11.4. The Morgan fingerprint density at radius 3 is 2.27 bits per heavy atom. The average molecular weight is 208 g/mol. The quantitative estimate of drug-likeness (QED) is 0.788. The zero-order valence-electron chi connectivity index (χ0n) is 8.97. The lowest BCUT2D eigenvalue weighted by atomic mass is 9.98. The number of hydrogen-bond donors (Lipinski definition) is 2. The van der Waals surface area contributed by atoms with Crippen molar-refractivity contribution in [1.29, 1.82) is 0 Å². The zero-order valence-corrected chi connectivity index (χ0v) is 8.97. The second-order valence-electron chi connectivity index (χ2n) is 3.94. The Bertz CT molecular complexity index is 327. The Balaban J connectivity index is 2.62. The summed E-state index contributed by atoms with van der Waals surface area (Å²) in [4.78, 5) is 11.4. The summed E-state index contributed by atoms with van der Waals surface area (Å²) in [6.45, 7) is 3.53. The minimum Gasteiger partial charge on any atom is -0.508 e. The second kappa shape index (κ2) is 4.94. The summed E-state index contributed by atoms with van der Waals surface area (Å²) in [6, 6.07) is 6.49. The predicted molar refractivity (Wildman–Crippen MR) is 57.7 cm³/mol. The van der Waals surface area contributed by atoms with Gasteiger partial charge in [-0.2, -0.15) is 0 Å². The van der Waals surface area contributed by atoms with E-state index in [0.717, 1.165) is 5.56 Å². The number of Topliss-reactive ketones (excluding diaryl/α,β-unsaturated/α-hetero) is 1. The van der Waals surface area contributed by atoms with Crippen LogP contribution in [0.5, 0.6) is 5.75 Å². The third-order valence-corrected chi connectivity index (χ3v) is 2.26. The summed E-state index contributed by atoms with van der Waals surface area (Å²) < 4.78 is 0. The highest BCUT2D eigenvalue weighted by atomic mass is 16.3. The molecule has 0 aromatic heterocycles. The molecule has 0 radical (unpaired) electrons. The van der Waals surface area contributed by atoms with Crippen LogP contribution in [-0.4, -0.2) is 22.1 Å². The number of phenolic OH excluding ortho intramolecular Hbond substituents is 1. The Morgan fingerprint density at radius 1 is 1.27 bits per heavy atom. The molecule has 0 fully saturated rings. The van der Waals surface area contributed by atoms with Gasteiger partial charge in [0.25, 0.3) is 0 Å². The van der Waals surface area contributed by atoms with Crippen molar-refractivity contribution in [3.05, 3.63) is 29.8 Å². The summed E-state index contributed by atoms with van der Waals surface area (Å²) in [5.41, 5.74) is 0.842. The zero-order chi connectivity index (χ0) is 11.4. The van der Waals surface area contributed by atoms with Crippen molar-refractivity contribution in [2.45, 2.75) is 26.4 Å². The van der Waals surface area contributed by atoms with Gasteiger partial charge in [0.15, 0.2) is 5.78 Å². The molecule has 1 aromatic carbocycles. The largest absolute Gasteiger partial charge is 0.508 e. The van der Waals surface area contributed by atoms with Gasteiger partial charge in [-0.05, 0) is 17.7 Å². The van der Waals surface area contributed by atoms with E-state index in [0.29, 0.717) is 6.42 Å². The smallest absolute Gasteiger partial charge is 0.164 e. The third-order valence-electron chi connectivity index (χ3n) is 2.26. The summed E-state index contributed by atoms with van der Waals surface area (Å²) in [6.07, 6.45) is -0.647. The van der Waals surface area contributed by atoms with Crippen LogP contribution < -0.4 is 0 Å². The standard InChI is InChI=1S/C12H16O3/c1-8(2)12(15)11(14)7-9-3-5-10(13)6-4-9/h3-6,8,11,13-14H,7H2,1-2H3. The van der Waals surface area contributed by atoms with E-state index in [-0.39, 0.29) is 17.5 Å². The van der Waals surface area contributed by atoms with Crippen LogP contribution in [0.1, 0.15) is 19.4 Å². The molecule has 0 aliphatic heterocycles. The number of phenols is 1. The normalized spacial score (nSPS) is 12.8. The molecule has 2 N–H and O–H groups in total. The van der Waals surface area contributed by atoms with Gasteiger partial charge in [0.1, 0.15) is 11.9 Å². The maximum atomic E-state index is 11.4. The van der Waals surface area contributed by atoms with Crippen LogP contribution in [0.3, 0.4) is 0 Å². The molecular weight excluding hydrogens is 192 g/mol. The number of hydrogen-bond acceptors (Lipinski definition) is 3. The first-order valence-electron chi connectivity index (χ1n) is 5.00. The van der Waals surface area contributed by atoms with Gasteiger partial charge in [-0.1, -0.05) is 26.0 Å². The first kappa shape index (κ1) is 11.7. The molecule has 0 saturated heterocycles. The molecule has 0 heterocycles. The van der Waals surface area contributed by atoms with Gasteiger partial charge in [0.2, 0.25) is 0 Å². The number of benzene rings is 1. The fourth-order valence-electron chi connectivity index (χ4n) is 1.34. The van der Waals surface area contributed by atoms with Crippen LogP contribution in [-0.2, 0) is 11.2 Å². The lowest BCUT2D eigenvalue weighted by Crippen LogP contribution is -2.27. The fraction of sp³-hybridized carbons (Fsp3) is 0.417. The van der Waals surface area contributed by atoms with Crippen LogP contribution in [0.15, 0.2) is 24.3 Å². The SMILES string of the molecule is CC(C)C(=O)C(O)Cc1ccc(O)cc1. The second-order valence-corrected chi connectivity index (χ2v) is 3.94. The van der Waals surface area contributed by atoms with Crippen molar-refractivity contribution in [1.82, 2.24) is 0 Å². The Kier molecular flexibility index (Phi) is 3.86. The highest BCUT2D eigenvalue weighted by molar-refractivity contribution is 5.84. The summed E-state index contributed by atoms with van der Waals surface area (Å²) in [5, 5.41) is 18.7.